The van der Waals surface area contributed by atoms with Gasteiger partial charge in [0.15, 0.2) is 0 Å². The van der Waals surface area contributed by atoms with Crippen LogP contribution in [0.1, 0.15) is 40.0 Å². The zero-order valence-corrected chi connectivity index (χ0v) is 16.0. The molecule has 26 heavy (non-hydrogen) atoms. The topological polar surface area (TPSA) is 80.4 Å². The SMILES string of the molecule is CC1(C)[C@H]2CC[C@]1(C)C(=NNc1nc(-c3cccc([N+](=O)[O-])c3)cs1)C2. The smallest absolute Gasteiger partial charge is 0.258 e. The predicted octanol–water partition coefficient (Wildman–Crippen LogP) is 5.33. The Balaban J connectivity index is 1.53. The van der Waals surface area contributed by atoms with Crippen LogP contribution in [-0.2, 0) is 0 Å². The monoisotopic (exact) mass is 370 g/mol. The van der Waals surface area contributed by atoms with Crippen LogP contribution in [0.3, 0.4) is 0 Å². The molecule has 1 N–H and O–H groups in total. The molecule has 136 valence electrons. The Hall–Kier alpha value is -2.28. The van der Waals surface area contributed by atoms with E-state index in [1.165, 1.54) is 36.0 Å². The normalized spacial score (nSPS) is 27.8. The number of nitro benzene ring substituents is 1. The summed E-state index contributed by atoms with van der Waals surface area (Å²) in [5, 5.41) is 18.3. The number of aromatic nitrogens is 1. The van der Waals surface area contributed by atoms with Crippen molar-refractivity contribution in [2.75, 3.05) is 5.43 Å². The Morgan fingerprint density at radius 1 is 1.38 bits per heavy atom. The Morgan fingerprint density at radius 3 is 2.85 bits per heavy atom. The van der Waals surface area contributed by atoms with Crippen molar-refractivity contribution in [2.24, 2.45) is 21.8 Å². The lowest BCUT2D eigenvalue weighted by Gasteiger charge is -2.34. The zero-order valence-electron chi connectivity index (χ0n) is 15.2. The fraction of sp³-hybridized carbons (Fsp3) is 0.474. The lowest BCUT2D eigenvalue weighted by Crippen LogP contribution is -2.32. The van der Waals surface area contributed by atoms with E-state index < -0.39 is 4.92 Å². The first-order valence-electron chi connectivity index (χ1n) is 8.85. The van der Waals surface area contributed by atoms with Gasteiger partial charge in [-0.2, -0.15) is 5.10 Å². The van der Waals surface area contributed by atoms with E-state index in [1.807, 2.05) is 11.4 Å². The third-order valence-corrected chi connectivity index (χ3v) is 7.40. The minimum absolute atomic E-state index is 0.0717. The molecule has 2 aromatic rings. The second kappa shape index (κ2) is 5.87. The second-order valence-corrected chi connectivity index (χ2v) is 8.87. The molecule has 6 nitrogen and oxygen atoms in total. The molecule has 0 aliphatic heterocycles. The van der Waals surface area contributed by atoms with E-state index in [1.54, 1.807) is 12.1 Å². The minimum Gasteiger partial charge on any atom is -0.258 e. The summed E-state index contributed by atoms with van der Waals surface area (Å²) in [5.41, 5.74) is 6.35. The molecule has 2 saturated carbocycles. The fourth-order valence-corrected chi connectivity index (χ4v) is 5.11. The fourth-order valence-electron chi connectivity index (χ4n) is 4.45. The third-order valence-electron chi connectivity index (χ3n) is 6.66. The van der Waals surface area contributed by atoms with Gasteiger partial charge in [0.2, 0.25) is 5.13 Å². The van der Waals surface area contributed by atoms with Crippen molar-refractivity contribution in [2.45, 2.75) is 40.0 Å². The average molecular weight is 370 g/mol. The van der Waals surface area contributed by atoms with Crippen LogP contribution in [0.2, 0.25) is 0 Å². The number of non-ortho nitro benzene ring substituents is 1. The molecular formula is C19H22N4O2S. The maximum Gasteiger partial charge on any atom is 0.270 e. The van der Waals surface area contributed by atoms with Crippen LogP contribution >= 0.6 is 11.3 Å². The number of rotatable bonds is 4. The Bertz CT molecular complexity index is 904. The highest BCUT2D eigenvalue weighted by Gasteiger charge is 2.59. The molecule has 1 heterocycles. The van der Waals surface area contributed by atoms with Gasteiger partial charge in [0, 0.05) is 34.2 Å². The van der Waals surface area contributed by atoms with Gasteiger partial charge in [0.05, 0.1) is 10.6 Å². The minimum atomic E-state index is -0.390. The highest BCUT2D eigenvalue weighted by molar-refractivity contribution is 7.14. The quantitative estimate of drug-likeness (QED) is 0.582. The van der Waals surface area contributed by atoms with Crippen LogP contribution in [0.15, 0.2) is 34.7 Å². The average Bonchev–Trinajstić information content (AvgIpc) is 3.22. The van der Waals surface area contributed by atoms with Crippen LogP contribution in [0.5, 0.6) is 0 Å². The first kappa shape index (κ1) is 17.1. The number of nitro groups is 1. The molecule has 4 rings (SSSR count). The molecule has 0 amide bonds. The van der Waals surface area contributed by atoms with E-state index in [4.69, 9.17) is 5.10 Å². The highest BCUT2D eigenvalue weighted by Crippen LogP contribution is 2.63. The summed E-state index contributed by atoms with van der Waals surface area (Å²) in [5.74, 6) is 0.713. The number of nitrogens with one attached hydrogen (secondary N) is 1. The molecule has 0 radical (unpaired) electrons. The van der Waals surface area contributed by atoms with Gasteiger partial charge in [-0.05, 0) is 30.6 Å². The predicted molar refractivity (Wildman–Crippen MR) is 104 cm³/mol. The molecule has 1 aromatic heterocycles. The number of fused-ring (bicyclic) bond motifs is 2. The van der Waals surface area contributed by atoms with Crippen molar-refractivity contribution in [1.82, 2.24) is 4.98 Å². The summed E-state index contributed by atoms with van der Waals surface area (Å²) in [6.07, 6.45) is 3.54. The maximum atomic E-state index is 10.9. The van der Waals surface area contributed by atoms with Gasteiger partial charge < -0.3 is 0 Å². The van der Waals surface area contributed by atoms with Crippen molar-refractivity contribution >= 4 is 27.9 Å². The lowest BCUT2D eigenvalue weighted by atomic mass is 9.70. The Kier molecular flexibility index (Phi) is 3.87. The van der Waals surface area contributed by atoms with E-state index in [0.29, 0.717) is 16.5 Å². The standard InChI is InChI=1S/C19H22N4O2S/c1-18(2)13-7-8-19(18,3)16(10-13)21-22-17-20-15(11-26-17)12-5-4-6-14(9-12)23(24)25/h4-6,9,11,13H,7-8,10H2,1-3H3,(H,20,22)/t13-,19+/m0/s1. The van der Waals surface area contributed by atoms with Crippen molar-refractivity contribution in [3.63, 3.8) is 0 Å². The van der Waals surface area contributed by atoms with E-state index in [2.05, 4.69) is 31.2 Å². The van der Waals surface area contributed by atoms with Crippen LogP contribution in [0.4, 0.5) is 10.8 Å². The van der Waals surface area contributed by atoms with Gasteiger partial charge >= 0.3 is 0 Å². The van der Waals surface area contributed by atoms with E-state index in [9.17, 15) is 10.1 Å². The summed E-state index contributed by atoms with van der Waals surface area (Å²) < 4.78 is 0. The lowest BCUT2D eigenvalue weighted by molar-refractivity contribution is -0.384. The molecule has 2 fully saturated rings. The Morgan fingerprint density at radius 2 is 2.19 bits per heavy atom. The number of hydrazone groups is 1. The van der Waals surface area contributed by atoms with Gasteiger partial charge in [-0.1, -0.05) is 32.9 Å². The van der Waals surface area contributed by atoms with Crippen LogP contribution in [0.25, 0.3) is 11.3 Å². The van der Waals surface area contributed by atoms with Gasteiger partial charge in [0.1, 0.15) is 0 Å². The van der Waals surface area contributed by atoms with Crippen molar-refractivity contribution in [3.8, 4) is 11.3 Å². The van der Waals surface area contributed by atoms with Crippen LogP contribution < -0.4 is 5.43 Å². The largest absolute Gasteiger partial charge is 0.270 e. The number of thiazole rings is 1. The molecule has 2 bridgehead atoms. The molecule has 2 aliphatic carbocycles. The number of nitrogens with zero attached hydrogens (tertiary/aromatic N) is 3. The number of hydrogen-bond donors (Lipinski definition) is 1. The van der Waals surface area contributed by atoms with E-state index in [-0.39, 0.29) is 11.1 Å². The molecule has 2 atom stereocenters. The molecule has 0 unspecified atom stereocenters. The second-order valence-electron chi connectivity index (χ2n) is 8.01. The number of benzene rings is 1. The van der Waals surface area contributed by atoms with Gasteiger partial charge in [-0.25, -0.2) is 4.98 Å². The molecular weight excluding hydrogens is 348 g/mol. The molecule has 0 saturated heterocycles. The number of hydrogen-bond acceptors (Lipinski definition) is 6. The molecule has 0 spiro atoms. The summed E-state index contributed by atoms with van der Waals surface area (Å²) in [6, 6.07) is 6.54. The first-order chi connectivity index (χ1) is 12.3. The maximum absolute atomic E-state index is 10.9. The molecule has 2 aliphatic rings. The van der Waals surface area contributed by atoms with E-state index in [0.717, 1.165) is 17.7 Å². The van der Waals surface area contributed by atoms with Crippen LogP contribution in [-0.4, -0.2) is 15.6 Å². The third kappa shape index (κ3) is 2.53. The van der Waals surface area contributed by atoms with Crippen molar-refractivity contribution in [3.05, 3.63) is 39.8 Å². The van der Waals surface area contributed by atoms with Gasteiger partial charge in [-0.15, -0.1) is 11.3 Å². The van der Waals surface area contributed by atoms with E-state index >= 15 is 0 Å². The summed E-state index contributed by atoms with van der Waals surface area (Å²) in [7, 11) is 0. The number of anilines is 1. The van der Waals surface area contributed by atoms with Crippen LogP contribution in [0, 0.1) is 26.9 Å². The zero-order chi connectivity index (χ0) is 18.5. The van der Waals surface area contributed by atoms with Crippen molar-refractivity contribution < 1.29 is 4.92 Å². The highest BCUT2D eigenvalue weighted by atomic mass is 32.1. The van der Waals surface area contributed by atoms with Gasteiger partial charge in [-0.3, -0.25) is 15.5 Å². The Labute approximate surface area is 156 Å². The first-order valence-corrected chi connectivity index (χ1v) is 9.72. The van der Waals surface area contributed by atoms with Crippen molar-refractivity contribution in [1.29, 1.82) is 0 Å². The summed E-state index contributed by atoms with van der Waals surface area (Å²) >= 11 is 1.46. The summed E-state index contributed by atoms with van der Waals surface area (Å²) in [6.45, 7) is 7.05. The molecule has 1 aromatic carbocycles. The van der Waals surface area contributed by atoms with Gasteiger partial charge in [0.25, 0.3) is 5.69 Å². The molecule has 7 heteroatoms. The summed E-state index contributed by atoms with van der Waals surface area (Å²) in [4.78, 5) is 15.1.